The number of nitrogens with one attached hydrogen (secondary N) is 1. The fourth-order valence-corrected chi connectivity index (χ4v) is 1.67. The number of carbonyl (C=O) groups excluding carboxylic acids is 2. The minimum atomic E-state index is -1.10. The number of rotatable bonds is 5. The number of amides is 2. The Morgan fingerprint density at radius 1 is 1.40 bits per heavy atom. The van der Waals surface area contributed by atoms with Gasteiger partial charge in [0, 0.05) is 26.8 Å². The smallest absolute Gasteiger partial charge is 0.337 e. The van der Waals surface area contributed by atoms with Crippen LogP contribution in [0.15, 0.2) is 18.3 Å². The molecular weight excluding hydrogens is 262 g/mol. The van der Waals surface area contributed by atoms with Crippen LogP contribution in [-0.2, 0) is 4.79 Å². The minimum absolute atomic E-state index is 0.0166. The van der Waals surface area contributed by atoms with Crippen LogP contribution in [0.5, 0.6) is 0 Å². The van der Waals surface area contributed by atoms with Crippen molar-refractivity contribution in [3.63, 3.8) is 0 Å². The second kappa shape index (κ2) is 6.65. The van der Waals surface area contributed by atoms with E-state index in [1.54, 1.807) is 14.0 Å². The normalized spacial score (nSPS) is 11.6. The molecule has 0 saturated heterocycles. The van der Waals surface area contributed by atoms with Crippen molar-refractivity contribution in [2.75, 3.05) is 20.6 Å². The number of aromatic nitrogens is 1. The third-order valence-corrected chi connectivity index (χ3v) is 2.82. The molecule has 0 aliphatic heterocycles. The van der Waals surface area contributed by atoms with E-state index in [-0.39, 0.29) is 35.5 Å². The Bertz CT molecular complexity index is 513. The molecule has 20 heavy (non-hydrogen) atoms. The minimum Gasteiger partial charge on any atom is -0.478 e. The van der Waals surface area contributed by atoms with Crippen LogP contribution in [0.3, 0.4) is 0 Å². The van der Waals surface area contributed by atoms with Gasteiger partial charge in [-0.05, 0) is 12.1 Å². The van der Waals surface area contributed by atoms with E-state index in [9.17, 15) is 14.4 Å². The molecule has 7 nitrogen and oxygen atoms in total. The quantitative estimate of drug-likeness (QED) is 0.804. The number of pyridine rings is 1. The molecule has 1 rings (SSSR count). The lowest BCUT2D eigenvalue weighted by Gasteiger charge is -2.20. The molecule has 1 atom stereocenters. The van der Waals surface area contributed by atoms with E-state index in [0.717, 1.165) is 6.20 Å². The van der Waals surface area contributed by atoms with Crippen LogP contribution in [0, 0.1) is 5.92 Å². The number of carboxylic acid groups (broad SMARTS) is 1. The molecule has 108 valence electrons. The van der Waals surface area contributed by atoms with Gasteiger partial charge >= 0.3 is 5.97 Å². The maximum atomic E-state index is 12.1. The second-order valence-corrected chi connectivity index (χ2v) is 4.44. The number of carboxylic acids is 1. The van der Waals surface area contributed by atoms with Gasteiger partial charge in [-0.3, -0.25) is 14.6 Å². The van der Waals surface area contributed by atoms with E-state index in [2.05, 4.69) is 10.3 Å². The topological polar surface area (TPSA) is 99.6 Å². The Morgan fingerprint density at radius 2 is 2.05 bits per heavy atom. The second-order valence-electron chi connectivity index (χ2n) is 4.44. The molecule has 2 N–H and O–H groups in total. The zero-order chi connectivity index (χ0) is 15.3. The van der Waals surface area contributed by atoms with Gasteiger partial charge in [0.25, 0.3) is 5.91 Å². The molecule has 1 aromatic rings. The van der Waals surface area contributed by atoms with Crippen molar-refractivity contribution in [2.45, 2.75) is 6.92 Å². The summed E-state index contributed by atoms with van der Waals surface area (Å²) in [6.45, 7) is 1.96. The summed E-state index contributed by atoms with van der Waals surface area (Å²) < 4.78 is 0. The first-order valence-corrected chi connectivity index (χ1v) is 6.03. The van der Waals surface area contributed by atoms with Crippen LogP contribution in [0.1, 0.15) is 27.8 Å². The van der Waals surface area contributed by atoms with Gasteiger partial charge in [-0.25, -0.2) is 4.79 Å². The van der Waals surface area contributed by atoms with Crippen molar-refractivity contribution in [1.82, 2.24) is 15.2 Å². The highest BCUT2D eigenvalue weighted by molar-refractivity contribution is 5.94. The number of hydrogen-bond acceptors (Lipinski definition) is 4. The number of carbonyl (C=O) groups is 3. The van der Waals surface area contributed by atoms with Gasteiger partial charge in [0.15, 0.2) is 0 Å². The molecule has 1 aromatic heterocycles. The van der Waals surface area contributed by atoms with Gasteiger partial charge in [0.05, 0.1) is 11.5 Å². The van der Waals surface area contributed by atoms with Crippen LogP contribution < -0.4 is 5.32 Å². The summed E-state index contributed by atoms with van der Waals surface area (Å²) >= 11 is 0. The van der Waals surface area contributed by atoms with Crippen LogP contribution in [0.25, 0.3) is 0 Å². The van der Waals surface area contributed by atoms with Crippen LogP contribution >= 0.6 is 0 Å². The Morgan fingerprint density at radius 3 is 2.50 bits per heavy atom. The van der Waals surface area contributed by atoms with Gasteiger partial charge in [-0.1, -0.05) is 6.92 Å². The summed E-state index contributed by atoms with van der Waals surface area (Å²) in [5.41, 5.74) is 0.157. The lowest BCUT2D eigenvalue weighted by atomic mass is 10.1. The molecule has 0 spiro atoms. The predicted molar refractivity (Wildman–Crippen MR) is 71.4 cm³/mol. The Kier molecular flexibility index (Phi) is 5.19. The molecule has 0 radical (unpaired) electrons. The van der Waals surface area contributed by atoms with Crippen molar-refractivity contribution < 1.29 is 19.5 Å². The van der Waals surface area contributed by atoms with E-state index in [1.807, 2.05) is 0 Å². The van der Waals surface area contributed by atoms with E-state index < -0.39 is 5.97 Å². The first kappa shape index (κ1) is 15.6. The number of hydrogen-bond donors (Lipinski definition) is 2. The fourth-order valence-electron chi connectivity index (χ4n) is 1.67. The molecule has 0 bridgehead atoms. The SMILES string of the molecule is CNC(=O)C(C)CN(C)C(=O)c1ccc(C(=O)O)cn1. The largest absolute Gasteiger partial charge is 0.478 e. The summed E-state index contributed by atoms with van der Waals surface area (Å²) in [7, 11) is 3.10. The third-order valence-electron chi connectivity index (χ3n) is 2.82. The predicted octanol–water partition coefficient (Wildman–Crippen LogP) is 0.234. The van der Waals surface area contributed by atoms with Crippen molar-refractivity contribution in [1.29, 1.82) is 0 Å². The molecular formula is C13H17N3O4. The number of nitrogens with zero attached hydrogens (tertiary/aromatic N) is 2. The molecule has 0 aliphatic rings. The van der Waals surface area contributed by atoms with Gasteiger partial charge in [0.2, 0.25) is 5.91 Å². The van der Waals surface area contributed by atoms with Gasteiger partial charge < -0.3 is 15.3 Å². The third kappa shape index (κ3) is 3.78. The molecule has 0 aromatic carbocycles. The molecule has 1 heterocycles. The van der Waals surface area contributed by atoms with Crippen molar-refractivity contribution >= 4 is 17.8 Å². The summed E-state index contributed by atoms with van der Waals surface area (Å²) in [6.07, 6.45) is 1.13. The summed E-state index contributed by atoms with van der Waals surface area (Å²) in [5, 5.41) is 11.3. The molecule has 0 saturated carbocycles. The Labute approximate surface area is 116 Å². The first-order chi connectivity index (χ1) is 9.36. The first-order valence-electron chi connectivity index (χ1n) is 6.03. The highest BCUT2D eigenvalue weighted by Crippen LogP contribution is 2.06. The maximum Gasteiger partial charge on any atom is 0.337 e. The van der Waals surface area contributed by atoms with Gasteiger partial charge in [-0.15, -0.1) is 0 Å². The van der Waals surface area contributed by atoms with Crippen molar-refractivity contribution in [3.8, 4) is 0 Å². The molecule has 7 heteroatoms. The standard InChI is InChI=1S/C13H17N3O4/c1-8(11(17)14-2)7-16(3)12(18)10-5-4-9(6-15-10)13(19)20/h4-6,8H,7H2,1-3H3,(H,14,17)(H,19,20). The van der Waals surface area contributed by atoms with Crippen molar-refractivity contribution in [3.05, 3.63) is 29.6 Å². The maximum absolute atomic E-state index is 12.1. The molecule has 2 amide bonds. The number of aromatic carboxylic acids is 1. The zero-order valence-corrected chi connectivity index (χ0v) is 11.6. The summed E-state index contributed by atoms with van der Waals surface area (Å²) in [4.78, 5) is 39.3. The van der Waals surface area contributed by atoms with Crippen LogP contribution in [-0.4, -0.2) is 53.4 Å². The lowest BCUT2D eigenvalue weighted by Crippen LogP contribution is -2.37. The Balaban J connectivity index is 2.74. The van der Waals surface area contributed by atoms with E-state index in [1.165, 1.54) is 24.1 Å². The van der Waals surface area contributed by atoms with Gasteiger partial charge in [-0.2, -0.15) is 0 Å². The lowest BCUT2D eigenvalue weighted by molar-refractivity contribution is -0.124. The van der Waals surface area contributed by atoms with Gasteiger partial charge in [0.1, 0.15) is 5.69 Å². The summed E-state index contributed by atoms with van der Waals surface area (Å²) in [5.74, 6) is -1.96. The van der Waals surface area contributed by atoms with E-state index >= 15 is 0 Å². The Hall–Kier alpha value is -2.44. The monoisotopic (exact) mass is 279 g/mol. The molecule has 0 aliphatic carbocycles. The average Bonchev–Trinajstić information content (AvgIpc) is 2.45. The average molecular weight is 279 g/mol. The highest BCUT2D eigenvalue weighted by atomic mass is 16.4. The van der Waals surface area contributed by atoms with Crippen LogP contribution in [0.2, 0.25) is 0 Å². The highest BCUT2D eigenvalue weighted by Gasteiger charge is 2.19. The van der Waals surface area contributed by atoms with Crippen molar-refractivity contribution in [2.24, 2.45) is 5.92 Å². The molecule has 1 unspecified atom stereocenters. The van der Waals surface area contributed by atoms with Crippen LogP contribution in [0.4, 0.5) is 0 Å². The fraction of sp³-hybridized carbons (Fsp3) is 0.385. The van der Waals surface area contributed by atoms with E-state index in [0.29, 0.717) is 0 Å². The summed E-state index contributed by atoms with van der Waals surface area (Å²) in [6, 6.07) is 2.67. The molecule has 0 fully saturated rings. The van der Waals surface area contributed by atoms with E-state index in [4.69, 9.17) is 5.11 Å². The zero-order valence-electron chi connectivity index (χ0n) is 11.6.